The fourth-order valence-electron chi connectivity index (χ4n) is 0.788. The molecule has 0 amide bonds. The molecule has 1 aliphatic heterocycles. The zero-order chi connectivity index (χ0) is 12.3. The number of hydrogen-bond acceptors (Lipinski definition) is 5. The second-order valence-corrected chi connectivity index (χ2v) is 3.63. The van der Waals surface area contributed by atoms with Crippen LogP contribution in [0.4, 0.5) is 0 Å². The van der Waals surface area contributed by atoms with E-state index in [1.807, 2.05) is 0 Å². The third kappa shape index (κ3) is 24.8. The zero-order valence-electron chi connectivity index (χ0n) is 9.81. The maximum Gasteiger partial charge on any atom is 0.156 e. The summed E-state index contributed by atoms with van der Waals surface area (Å²) < 4.78 is 5.05. The normalized spacial score (nSPS) is 19.8. The number of rotatable bonds is 1. The second-order valence-electron chi connectivity index (χ2n) is 3.63. The predicted octanol–water partition coefficient (Wildman–Crippen LogP) is -0.137. The minimum atomic E-state index is -1.50. The van der Waals surface area contributed by atoms with Gasteiger partial charge in [0.05, 0.1) is 12.7 Å². The van der Waals surface area contributed by atoms with Crippen LogP contribution in [0, 0.1) is 0 Å². The molecule has 5 heteroatoms. The maximum absolute atomic E-state index is 8.44. The zero-order valence-corrected chi connectivity index (χ0v) is 9.81. The van der Waals surface area contributed by atoms with Gasteiger partial charge in [0.25, 0.3) is 0 Å². The first kappa shape index (κ1) is 17.2. The highest BCUT2D eigenvalue weighted by atomic mass is 16.5. The van der Waals surface area contributed by atoms with Crippen LogP contribution in [0.5, 0.6) is 0 Å². The van der Waals surface area contributed by atoms with Crippen molar-refractivity contribution in [2.24, 2.45) is 0 Å². The quantitative estimate of drug-likeness (QED) is 0.466. The van der Waals surface area contributed by atoms with Crippen LogP contribution in [-0.4, -0.2) is 52.1 Å². The monoisotopic (exact) mass is 224 g/mol. The van der Waals surface area contributed by atoms with Crippen LogP contribution in [0.15, 0.2) is 0 Å². The average molecular weight is 224 g/mol. The molecule has 1 atom stereocenters. The summed E-state index contributed by atoms with van der Waals surface area (Å²) in [7, 11) is 0. The summed E-state index contributed by atoms with van der Waals surface area (Å²) in [5.41, 5.74) is 0. The molecule has 1 fully saturated rings. The molecule has 0 bridgehead atoms. The van der Waals surface area contributed by atoms with Gasteiger partial charge >= 0.3 is 0 Å². The molecule has 0 aromatic carbocycles. The molecule has 0 aromatic heterocycles. The summed E-state index contributed by atoms with van der Waals surface area (Å²) in [5.74, 6) is -1.50. The first-order chi connectivity index (χ1) is 6.85. The Morgan fingerprint density at radius 2 is 1.67 bits per heavy atom. The van der Waals surface area contributed by atoms with Crippen molar-refractivity contribution in [1.29, 1.82) is 0 Å². The smallest absolute Gasteiger partial charge is 0.156 e. The van der Waals surface area contributed by atoms with E-state index in [0.29, 0.717) is 0 Å². The Kier molecular flexibility index (Phi) is 11.8. The summed E-state index contributed by atoms with van der Waals surface area (Å²) in [6.45, 7) is 5.56. The summed E-state index contributed by atoms with van der Waals surface area (Å²) in [5, 5.41) is 32.2. The molecule has 4 N–H and O–H groups in total. The molecule has 0 saturated carbocycles. The number of hydrogen-bond donors (Lipinski definition) is 4. The van der Waals surface area contributed by atoms with Gasteiger partial charge in [-0.05, 0) is 33.6 Å². The van der Waals surface area contributed by atoms with Crippen molar-refractivity contribution in [2.75, 3.05) is 19.8 Å². The van der Waals surface area contributed by atoms with Gasteiger partial charge in [0.1, 0.15) is 0 Å². The fourth-order valence-corrected chi connectivity index (χ4v) is 0.788. The number of aliphatic hydroxyl groups is 4. The van der Waals surface area contributed by atoms with E-state index in [1.165, 1.54) is 13.8 Å². The molecule has 1 unspecified atom stereocenters. The van der Waals surface area contributed by atoms with Gasteiger partial charge in [-0.3, -0.25) is 0 Å². The molecule has 0 aromatic rings. The van der Waals surface area contributed by atoms with E-state index in [2.05, 4.69) is 0 Å². The van der Waals surface area contributed by atoms with Gasteiger partial charge < -0.3 is 25.2 Å². The van der Waals surface area contributed by atoms with Crippen molar-refractivity contribution >= 4 is 0 Å². The maximum atomic E-state index is 8.44. The lowest BCUT2D eigenvalue weighted by Crippen LogP contribution is -2.15. The van der Waals surface area contributed by atoms with E-state index in [1.54, 1.807) is 6.92 Å². The minimum Gasteiger partial charge on any atom is -0.397 e. The van der Waals surface area contributed by atoms with Crippen molar-refractivity contribution in [3.05, 3.63) is 0 Å². The Bertz CT molecular complexity index is 109. The summed E-state index contributed by atoms with van der Waals surface area (Å²) >= 11 is 0. The van der Waals surface area contributed by atoms with Crippen LogP contribution in [0.3, 0.4) is 0 Å². The highest BCUT2D eigenvalue weighted by Gasteiger charge is 2.12. The van der Waals surface area contributed by atoms with Crippen LogP contribution in [0.25, 0.3) is 0 Å². The summed E-state index contributed by atoms with van der Waals surface area (Å²) in [6, 6.07) is 0. The van der Waals surface area contributed by atoms with Crippen LogP contribution < -0.4 is 0 Å². The fraction of sp³-hybridized carbons (Fsp3) is 1.00. The highest BCUT2D eigenvalue weighted by molar-refractivity contribution is 4.61. The van der Waals surface area contributed by atoms with Gasteiger partial charge in [-0.15, -0.1) is 0 Å². The van der Waals surface area contributed by atoms with Gasteiger partial charge in [-0.1, -0.05) is 0 Å². The van der Waals surface area contributed by atoms with E-state index >= 15 is 0 Å². The Morgan fingerprint density at radius 1 is 1.27 bits per heavy atom. The molecular weight excluding hydrogens is 200 g/mol. The molecule has 1 saturated heterocycles. The van der Waals surface area contributed by atoms with Crippen LogP contribution in [0.1, 0.15) is 33.6 Å². The largest absolute Gasteiger partial charge is 0.397 e. The Balaban J connectivity index is 0. The Morgan fingerprint density at radius 3 is 1.80 bits per heavy atom. The third-order valence-corrected chi connectivity index (χ3v) is 1.23. The molecule has 5 nitrogen and oxygen atoms in total. The van der Waals surface area contributed by atoms with Crippen molar-refractivity contribution in [2.45, 2.75) is 45.5 Å². The standard InChI is InChI=1S/C5H10O2.C3H8O2.C2H6O/c6-4-5-2-1-3-7-5;1-3(2,4)5;1-2-3/h5-6H,1-4H2;4-5H,1-2H3;3H,2H2,1H3. The van der Waals surface area contributed by atoms with Crippen molar-refractivity contribution in [3.8, 4) is 0 Å². The van der Waals surface area contributed by atoms with E-state index in [4.69, 9.17) is 25.2 Å². The lowest BCUT2D eigenvalue weighted by atomic mass is 10.2. The second kappa shape index (κ2) is 10.3. The Hall–Kier alpha value is -0.200. The predicted molar refractivity (Wildman–Crippen MR) is 57.3 cm³/mol. The molecule has 1 rings (SSSR count). The van der Waals surface area contributed by atoms with E-state index in [0.717, 1.165) is 19.4 Å². The summed E-state index contributed by atoms with van der Waals surface area (Å²) in [6.07, 6.45) is 2.31. The van der Waals surface area contributed by atoms with Gasteiger partial charge in [0.2, 0.25) is 0 Å². The molecular formula is C10H24O5. The molecule has 0 spiro atoms. The lowest BCUT2D eigenvalue weighted by molar-refractivity contribution is -0.127. The first-order valence-electron chi connectivity index (χ1n) is 5.13. The lowest BCUT2D eigenvalue weighted by Gasteiger charge is -2.03. The summed E-state index contributed by atoms with van der Waals surface area (Å²) in [4.78, 5) is 0. The van der Waals surface area contributed by atoms with Crippen LogP contribution >= 0.6 is 0 Å². The van der Waals surface area contributed by atoms with Crippen molar-refractivity contribution < 1.29 is 25.2 Å². The molecule has 94 valence electrons. The first-order valence-corrected chi connectivity index (χ1v) is 5.13. The topological polar surface area (TPSA) is 90.2 Å². The highest BCUT2D eigenvalue weighted by Crippen LogP contribution is 2.09. The van der Waals surface area contributed by atoms with E-state index < -0.39 is 5.79 Å². The van der Waals surface area contributed by atoms with Gasteiger partial charge in [0, 0.05) is 13.2 Å². The SMILES string of the molecule is CC(C)(O)O.CCO.OCC1CCCO1. The minimum absolute atomic E-state index is 0.153. The van der Waals surface area contributed by atoms with Crippen LogP contribution in [0.2, 0.25) is 0 Å². The molecule has 0 radical (unpaired) electrons. The van der Waals surface area contributed by atoms with E-state index in [-0.39, 0.29) is 19.3 Å². The Labute approximate surface area is 91.3 Å². The molecule has 1 aliphatic rings. The van der Waals surface area contributed by atoms with Crippen molar-refractivity contribution in [1.82, 2.24) is 0 Å². The van der Waals surface area contributed by atoms with Gasteiger partial charge in [-0.2, -0.15) is 0 Å². The number of ether oxygens (including phenoxy) is 1. The van der Waals surface area contributed by atoms with Crippen LogP contribution in [-0.2, 0) is 4.74 Å². The third-order valence-electron chi connectivity index (χ3n) is 1.23. The molecule has 0 aliphatic carbocycles. The molecule has 15 heavy (non-hydrogen) atoms. The van der Waals surface area contributed by atoms with Gasteiger partial charge in [-0.25, -0.2) is 0 Å². The van der Waals surface area contributed by atoms with E-state index in [9.17, 15) is 0 Å². The average Bonchev–Trinajstić information content (AvgIpc) is 2.53. The van der Waals surface area contributed by atoms with Crippen molar-refractivity contribution in [3.63, 3.8) is 0 Å². The molecule has 1 heterocycles. The number of aliphatic hydroxyl groups excluding tert-OH is 2. The van der Waals surface area contributed by atoms with Gasteiger partial charge in [0.15, 0.2) is 5.79 Å².